The summed E-state index contributed by atoms with van der Waals surface area (Å²) in [5.41, 5.74) is 2.14. The van der Waals surface area contributed by atoms with E-state index in [4.69, 9.17) is 0 Å². The van der Waals surface area contributed by atoms with E-state index in [1.54, 1.807) is 4.90 Å². The summed E-state index contributed by atoms with van der Waals surface area (Å²) in [4.78, 5) is 39.5. The molecule has 2 aromatic rings. The molecule has 1 saturated heterocycles. The van der Waals surface area contributed by atoms with Crippen LogP contribution in [0.15, 0.2) is 30.5 Å². The van der Waals surface area contributed by atoms with Crippen LogP contribution in [0, 0.1) is 0 Å². The number of fused-ring (bicyclic) bond motifs is 1. The number of carbonyl (C=O) groups is 3. The number of nitrogens with zero attached hydrogens (tertiary/aromatic N) is 3. The molecule has 2 heterocycles. The molecule has 7 heteroatoms. The number of aryl methyl sites for hydroxylation is 1. The van der Waals surface area contributed by atoms with Gasteiger partial charge in [-0.2, -0.15) is 0 Å². The van der Waals surface area contributed by atoms with Crippen molar-refractivity contribution in [2.75, 3.05) is 33.3 Å². The van der Waals surface area contributed by atoms with Crippen LogP contribution in [0.3, 0.4) is 0 Å². The topological polar surface area (TPSA) is 71.9 Å². The molecular weight excluding hydrogens is 346 g/mol. The van der Waals surface area contributed by atoms with Crippen LogP contribution in [0.1, 0.15) is 18.4 Å². The third-order valence-corrected chi connectivity index (χ3v) is 5.08. The predicted molar refractivity (Wildman–Crippen MR) is 101 cm³/mol. The Bertz CT molecular complexity index is 850. The number of aromatic nitrogens is 1. The Labute approximate surface area is 158 Å². The highest BCUT2D eigenvalue weighted by molar-refractivity contribution is 5.89. The molecule has 1 aromatic heterocycles. The van der Waals surface area contributed by atoms with Gasteiger partial charge in [-0.05, 0) is 11.6 Å². The lowest BCUT2D eigenvalue weighted by atomic mass is 10.1. The van der Waals surface area contributed by atoms with Crippen LogP contribution < -0.4 is 0 Å². The summed E-state index contributed by atoms with van der Waals surface area (Å²) in [6.45, 7) is 2.05. The minimum absolute atomic E-state index is 0.0680. The van der Waals surface area contributed by atoms with Gasteiger partial charge in [0.25, 0.3) is 0 Å². The molecular formula is C20H25N3O4. The number of piperazine rings is 1. The van der Waals surface area contributed by atoms with Crippen molar-refractivity contribution in [1.82, 2.24) is 14.4 Å². The summed E-state index contributed by atoms with van der Waals surface area (Å²) in [6.07, 6.45) is 2.61. The van der Waals surface area contributed by atoms with Crippen LogP contribution in [0.2, 0.25) is 0 Å². The fourth-order valence-electron chi connectivity index (χ4n) is 3.52. The third-order valence-electron chi connectivity index (χ3n) is 5.08. The molecule has 0 N–H and O–H groups in total. The van der Waals surface area contributed by atoms with Crippen molar-refractivity contribution in [2.24, 2.45) is 7.05 Å². The van der Waals surface area contributed by atoms with E-state index < -0.39 is 0 Å². The first-order valence-electron chi connectivity index (χ1n) is 9.15. The number of esters is 1. The maximum atomic E-state index is 12.7. The molecule has 1 aliphatic heterocycles. The number of ether oxygens (including phenoxy) is 1. The second-order valence-corrected chi connectivity index (χ2v) is 6.80. The smallest absolute Gasteiger partial charge is 0.306 e. The maximum Gasteiger partial charge on any atom is 0.306 e. The number of carbonyl (C=O) groups excluding carboxylic acids is 3. The number of rotatable bonds is 5. The molecule has 0 unspecified atom stereocenters. The van der Waals surface area contributed by atoms with Gasteiger partial charge >= 0.3 is 5.97 Å². The van der Waals surface area contributed by atoms with Gasteiger partial charge < -0.3 is 19.1 Å². The van der Waals surface area contributed by atoms with E-state index >= 15 is 0 Å². The Kier molecular flexibility index (Phi) is 5.78. The first-order chi connectivity index (χ1) is 13.0. The molecule has 1 aliphatic rings. The van der Waals surface area contributed by atoms with Crippen molar-refractivity contribution in [2.45, 2.75) is 19.3 Å². The van der Waals surface area contributed by atoms with Gasteiger partial charge in [0.15, 0.2) is 0 Å². The highest BCUT2D eigenvalue weighted by atomic mass is 16.5. The molecule has 0 spiro atoms. The van der Waals surface area contributed by atoms with Gasteiger partial charge in [-0.1, -0.05) is 18.2 Å². The van der Waals surface area contributed by atoms with Crippen LogP contribution in [-0.2, 0) is 32.6 Å². The van der Waals surface area contributed by atoms with E-state index in [0.717, 1.165) is 16.5 Å². The van der Waals surface area contributed by atoms with E-state index in [-0.39, 0.29) is 30.6 Å². The van der Waals surface area contributed by atoms with Gasteiger partial charge in [0, 0.05) is 56.7 Å². The standard InChI is InChI=1S/C20H25N3O4/c1-21-14-15(16-5-3-4-6-17(16)21)13-19(25)23-11-9-22(10-12-23)18(24)7-8-20(26)27-2/h3-6,14H,7-13H2,1-2H3. The molecule has 7 nitrogen and oxygen atoms in total. The van der Waals surface area contributed by atoms with E-state index in [9.17, 15) is 14.4 Å². The molecule has 1 aromatic carbocycles. The molecule has 0 atom stereocenters. The molecule has 2 amide bonds. The van der Waals surface area contributed by atoms with Crippen LogP contribution >= 0.6 is 0 Å². The summed E-state index contributed by atoms with van der Waals surface area (Å²) in [6, 6.07) is 8.05. The lowest BCUT2D eigenvalue weighted by Crippen LogP contribution is -2.51. The van der Waals surface area contributed by atoms with Crippen LogP contribution in [0.5, 0.6) is 0 Å². The SMILES string of the molecule is COC(=O)CCC(=O)N1CCN(C(=O)Cc2cn(C)c3ccccc23)CC1. The first kappa shape index (κ1) is 18.9. The van der Waals surface area contributed by atoms with Gasteiger partial charge in [-0.25, -0.2) is 0 Å². The average Bonchev–Trinajstić information content (AvgIpc) is 3.01. The Morgan fingerprint density at radius 3 is 2.26 bits per heavy atom. The van der Waals surface area contributed by atoms with Gasteiger partial charge in [-0.3, -0.25) is 14.4 Å². The third kappa shape index (κ3) is 4.30. The monoisotopic (exact) mass is 371 g/mol. The lowest BCUT2D eigenvalue weighted by Gasteiger charge is -2.34. The molecule has 0 radical (unpaired) electrons. The van der Waals surface area contributed by atoms with Crippen molar-refractivity contribution < 1.29 is 19.1 Å². The van der Waals surface area contributed by atoms with Crippen molar-refractivity contribution in [1.29, 1.82) is 0 Å². The highest BCUT2D eigenvalue weighted by Crippen LogP contribution is 2.21. The van der Waals surface area contributed by atoms with Crippen molar-refractivity contribution in [3.63, 3.8) is 0 Å². The number of amides is 2. The molecule has 0 bridgehead atoms. The largest absolute Gasteiger partial charge is 0.469 e. The van der Waals surface area contributed by atoms with E-state index in [0.29, 0.717) is 32.6 Å². The van der Waals surface area contributed by atoms with E-state index in [1.165, 1.54) is 7.11 Å². The highest BCUT2D eigenvalue weighted by Gasteiger charge is 2.25. The fourth-order valence-corrected chi connectivity index (χ4v) is 3.52. The normalized spacial score (nSPS) is 14.4. The summed E-state index contributed by atoms with van der Waals surface area (Å²) < 4.78 is 6.60. The Morgan fingerprint density at radius 1 is 0.963 bits per heavy atom. The maximum absolute atomic E-state index is 12.7. The van der Waals surface area contributed by atoms with E-state index in [1.807, 2.05) is 47.0 Å². The number of benzene rings is 1. The summed E-state index contributed by atoms with van der Waals surface area (Å²) in [5.74, 6) is -0.373. The quantitative estimate of drug-likeness (QED) is 0.744. The minimum Gasteiger partial charge on any atom is -0.469 e. The van der Waals surface area contributed by atoms with Gasteiger partial charge in [0.1, 0.15) is 0 Å². The van der Waals surface area contributed by atoms with Crippen molar-refractivity contribution in [3.05, 3.63) is 36.0 Å². The van der Waals surface area contributed by atoms with Crippen LogP contribution in [-0.4, -0.2) is 65.4 Å². The average molecular weight is 371 g/mol. The van der Waals surface area contributed by atoms with Gasteiger partial charge in [0.05, 0.1) is 20.0 Å². The molecule has 3 rings (SSSR count). The predicted octanol–water partition coefficient (Wildman–Crippen LogP) is 1.34. The van der Waals surface area contributed by atoms with Crippen molar-refractivity contribution in [3.8, 4) is 0 Å². The molecule has 1 fully saturated rings. The molecule has 0 saturated carbocycles. The molecule has 0 aliphatic carbocycles. The summed E-state index contributed by atoms with van der Waals surface area (Å²) in [5, 5.41) is 1.10. The molecule has 144 valence electrons. The minimum atomic E-state index is -0.382. The zero-order valence-electron chi connectivity index (χ0n) is 15.8. The zero-order chi connectivity index (χ0) is 19.4. The van der Waals surface area contributed by atoms with Gasteiger partial charge in [-0.15, -0.1) is 0 Å². The lowest BCUT2D eigenvalue weighted by molar-refractivity contribution is -0.144. The Morgan fingerprint density at radius 2 is 1.59 bits per heavy atom. The van der Waals surface area contributed by atoms with Gasteiger partial charge in [0.2, 0.25) is 11.8 Å². The fraction of sp³-hybridized carbons (Fsp3) is 0.450. The number of hydrogen-bond acceptors (Lipinski definition) is 4. The second-order valence-electron chi connectivity index (χ2n) is 6.80. The van der Waals surface area contributed by atoms with Crippen LogP contribution in [0.4, 0.5) is 0 Å². The molecule has 27 heavy (non-hydrogen) atoms. The van der Waals surface area contributed by atoms with E-state index in [2.05, 4.69) is 4.74 Å². The van der Waals surface area contributed by atoms with Crippen molar-refractivity contribution >= 4 is 28.7 Å². The summed E-state index contributed by atoms with van der Waals surface area (Å²) in [7, 11) is 3.29. The Balaban J connectivity index is 1.54. The number of methoxy groups -OCH3 is 1. The first-order valence-corrected chi connectivity index (χ1v) is 9.15. The Hall–Kier alpha value is -2.83. The van der Waals surface area contributed by atoms with Crippen LogP contribution in [0.25, 0.3) is 10.9 Å². The second kappa shape index (κ2) is 8.24. The number of hydrogen-bond donors (Lipinski definition) is 0. The zero-order valence-corrected chi connectivity index (χ0v) is 15.8. The number of para-hydroxylation sites is 1. The summed E-state index contributed by atoms with van der Waals surface area (Å²) >= 11 is 0.